The number of nitrogens with zero attached hydrogens (tertiary/aromatic N) is 3. The van der Waals surface area contributed by atoms with Crippen molar-refractivity contribution in [3.63, 3.8) is 0 Å². The number of rotatable bonds is 7. The van der Waals surface area contributed by atoms with Gasteiger partial charge in [0.1, 0.15) is 0 Å². The van der Waals surface area contributed by atoms with Crippen LogP contribution in [0.4, 0.5) is 10.8 Å². The molecule has 2 heterocycles. The van der Waals surface area contributed by atoms with Gasteiger partial charge in [-0.2, -0.15) is 4.98 Å². The quantitative estimate of drug-likeness (QED) is 0.637. The van der Waals surface area contributed by atoms with E-state index in [4.69, 9.17) is 4.52 Å². The number of amides is 2. The maximum absolute atomic E-state index is 12.3. The number of anilines is 1. The van der Waals surface area contributed by atoms with E-state index in [1.54, 1.807) is 4.90 Å². The van der Waals surface area contributed by atoms with Crippen LogP contribution >= 0.6 is 0 Å². The molecule has 1 saturated heterocycles. The van der Waals surface area contributed by atoms with E-state index in [1.807, 2.05) is 24.3 Å². The number of urea groups is 1. The second kappa shape index (κ2) is 9.37. The molecular formula is C23H26N4O2. The van der Waals surface area contributed by atoms with Gasteiger partial charge < -0.3 is 9.42 Å². The van der Waals surface area contributed by atoms with Crippen LogP contribution in [-0.2, 0) is 12.8 Å². The Morgan fingerprint density at radius 1 is 1.00 bits per heavy atom. The summed E-state index contributed by atoms with van der Waals surface area (Å²) in [6.07, 6.45) is 4.75. The number of aryl methyl sites for hydroxylation is 1. The van der Waals surface area contributed by atoms with E-state index in [-0.39, 0.29) is 18.0 Å². The van der Waals surface area contributed by atoms with Gasteiger partial charge >= 0.3 is 12.0 Å². The molecule has 2 amide bonds. The monoisotopic (exact) mass is 390 g/mol. The van der Waals surface area contributed by atoms with Crippen LogP contribution in [0, 0.1) is 0 Å². The molecule has 1 aliphatic heterocycles. The molecule has 1 aromatic heterocycles. The lowest BCUT2D eigenvalue weighted by Crippen LogP contribution is -2.32. The van der Waals surface area contributed by atoms with Gasteiger partial charge in [0, 0.05) is 19.0 Å². The number of aromatic nitrogens is 2. The Morgan fingerprint density at radius 2 is 1.66 bits per heavy atom. The SMILES string of the molecule is O=C(Nc1nc(C(CCc2ccccc2)Cc2ccccc2)no1)N1CCCC1. The van der Waals surface area contributed by atoms with Gasteiger partial charge in [-0.25, -0.2) is 4.79 Å². The Hall–Kier alpha value is -3.15. The van der Waals surface area contributed by atoms with Gasteiger partial charge in [0.2, 0.25) is 0 Å². The van der Waals surface area contributed by atoms with Crippen molar-refractivity contribution < 1.29 is 9.32 Å². The molecule has 0 radical (unpaired) electrons. The van der Waals surface area contributed by atoms with Gasteiger partial charge in [-0.3, -0.25) is 5.32 Å². The third-order valence-corrected chi connectivity index (χ3v) is 5.36. The number of carbonyl (C=O) groups is 1. The number of nitrogens with one attached hydrogen (secondary N) is 1. The van der Waals surface area contributed by atoms with Crippen LogP contribution < -0.4 is 5.32 Å². The first-order valence-electron chi connectivity index (χ1n) is 10.3. The summed E-state index contributed by atoms with van der Waals surface area (Å²) < 4.78 is 5.35. The van der Waals surface area contributed by atoms with Crippen molar-refractivity contribution in [3.8, 4) is 0 Å². The van der Waals surface area contributed by atoms with Crippen LogP contribution in [0.3, 0.4) is 0 Å². The summed E-state index contributed by atoms with van der Waals surface area (Å²) in [6, 6.07) is 20.8. The molecule has 6 nitrogen and oxygen atoms in total. The Morgan fingerprint density at radius 3 is 2.34 bits per heavy atom. The lowest BCUT2D eigenvalue weighted by atomic mass is 9.92. The van der Waals surface area contributed by atoms with Crippen molar-refractivity contribution in [2.24, 2.45) is 0 Å². The number of benzene rings is 2. The van der Waals surface area contributed by atoms with Gasteiger partial charge in [-0.05, 0) is 43.2 Å². The van der Waals surface area contributed by atoms with Crippen molar-refractivity contribution in [2.45, 2.75) is 38.0 Å². The summed E-state index contributed by atoms with van der Waals surface area (Å²) in [5.74, 6) is 0.750. The Labute approximate surface area is 170 Å². The summed E-state index contributed by atoms with van der Waals surface area (Å²) in [5.41, 5.74) is 2.52. The summed E-state index contributed by atoms with van der Waals surface area (Å²) in [7, 11) is 0. The van der Waals surface area contributed by atoms with E-state index in [0.717, 1.165) is 45.2 Å². The van der Waals surface area contributed by atoms with E-state index in [1.165, 1.54) is 11.1 Å². The van der Waals surface area contributed by atoms with Gasteiger partial charge in [-0.1, -0.05) is 65.8 Å². The van der Waals surface area contributed by atoms with Crippen molar-refractivity contribution in [3.05, 3.63) is 77.6 Å². The normalized spacial score (nSPS) is 14.7. The van der Waals surface area contributed by atoms with Crippen LogP contribution in [0.25, 0.3) is 0 Å². The Bertz CT molecular complexity index is 905. The zero-order valence-corrected chi connectivity index (χ0v) is 16.5. The molecule has 0 aliphatic carbocycles. The highest BCUT2D eigenvalue weighted by Crippen LogP contribution is 2.25. The van der Waals surface area contributed by atoms with Gasteiger partial charge in [0.25, 0.3) is 0 Å². The number of hydrogen-bond acceptors (Lipinski definition) is 4. The smallest absolute Gasteiger partial charge is 0.324 e. The molecular weight excluding hydrogens is 364 g/mol. The molecule has 6 heteroatoms. The average Bonchev–Trinajstić information content (AvgIpc) is 3.45. The van der Waals surface area contributed by atoms with Gasteiger partial charge in [0.15, 0.2) is 5.82 Å². The third-order valence-electron chi connectivity index (χ3n) is 5.36. The Balaban J connectivity index is 1.46. The van der Waals surface area contributed by atoms with E-state index in [0.29, 0.717) is 5.82 Å². The fourth-order valence-corrected chi connectivity index (χ4v) is 3.75. The summed E-state index contributed by atoms with van der Waals surface area (Å²) in [6.45, 7) is 1.56. The molecule has 3 aromatic rings. The summed E-state index contributed by atoms with van der Waals surface area (Å²) in [4.78, 5) is 18.6. The van der Waals surface area contributed by atoms with E-state index < -0.39 is 0 Å². The lowest BCUT2D eigenvalue weighted by molar-refractivity contribution is 0.221. The molecule has 29 heavy (non-hydrogen) atoms. The topological polar surface area (TPSA) is 71.3 Å². The first-order valence-corrected chi connectivity index (χ1v) is 10.3. The molecule has 1 aliphatic rings. The molecule has 1 atom stereocenters. The highest BCUT2D eigenvalue weighted by molar-refractivity contribution is 5.87. The average molecular weight is 390 g/mol. The summed E-state index contributed by atoms with van der Waals surface area (Å²) >= 11 is 0. The van der Waals surface area contributed by atoms with Crippen molar-refractivity contribution >= 4 is 12.0 Å². The fourth-order valence-electron chi connectivity index (χ4n) is 3.75. The first kappa shape index (κ1) is 19.2. The highest BCUT2D eigenvalue weighted by Gasteiger charge is 2.23. The molecule has 1 N–H and O–H groups in total. The van der Waals surface area contributed by atoms with Crippen molar-refractivity contribution in [1.29, 1.82) is 0 Å². The van der Waals surface area contributed by atoms with Crippen molar-refractivity contribution in [1.82, 2.24) is 15.0 Å². The van der Waals surface area contributed by atoms with Crippen LogP contribution in [0.2, 0.25) is 0 Å². The number of hydrogen-bond donors (Lipinski definition) is 1. The molecule has 0 saturated carbocycles. The molecule has 0 spiro atoms. The molecule has 150 valence electrons. The molecule has 2 aromatic carbocycles. The third kappa shape index (κ3) is 5.22. The van der Waals surface area contributed by atoms with Crippen LogP contribution in [0.5, 0.6) is 0 Å². The Kier molecular flexibility index (Phi) is 6.19. The minimum absolute atomic E-state index is 0.110. The van der Waals surface area contributed by atoms with Crippen LogP contribution in [0.1, 0.15) is 42.1 Å². The fraction of sp³-hybridized carbons (Fsp3) is 0.348. The largest absolute Gasteiger partial charge is 0.329 e. The highest BCUT2D eigenvalue weighted by atomic mass is 16.5. The maximum Gasteiger partial charge on any atom is 0.329 e. The van der Waals surface area contributed by atoms with E-state index in [9.17, 15) is 4.79 Å². The van der Waals surface area contributed by atoms with Crippen LogP contribution in [0.15, 0.2) is 65.2 Å². The molecule has 1 unspecified atom stereocenters. The van der Waals surface area contributed by atoms with Gasteiger partial charge in [-0.15, -0.1) is 0 Å². The van der Waals surface area contributed by atoms with Crippen LogP contribution in [-0.4, -0.2) is 34.2 Å². The number of carbonyl (C=O) groups excluding carboxylic acids is 1. The summed E-state index contributed by atoms with van der Waals surface area (Å²) in [5, 5.41) is 6.93. The lowest BCUT2D eigenvalue weighted by Gasteiger charge is -2.14. The molecule has 1 fully saturated rings. The number of likely N-dealkylation sites (tertiary alicyclic amines) is 1. The minimum atomic E-state index is -0.165. The predicted octanol–water partition coefficient (Wildman–Crippen LogP) is 4.66. The zero-order valence-electron chi connectivity index (χ0n) is 16.5. The van der Waals surface area contributed by atoms with E-state index in [2.05, 4.69) is 51.9 Å². The van der Waals surface area contributed by atoms with Gasteiger partial charge in [0.05, 0.1) is 0 Å². The molecule has 0 bridgehead atoms. The molecule has 4 rings (SSSR count). The predicted molar refractivity (Wildman–Crippen MR) is 112 cm³/mol. The first-order chi connectivity index (χ1) is 14.3. The van der Waals surface area contributed by atoms with E-state index >= 15 is 0 Å². The second-order valence-corrected chi connectivity index (χ2v) is 7.49. The zero-order chi connectivity index (χ0) is 19.9. The van der Waals surface area contributed by atoms with Crippen molar-refractivity contribution in [2.75, 3.05) is 18.4 Å². The maximum atomic E-state index is 12.3. The minimum Gasteiger partial charge on any atom is -0.324 e. The second-order valence-electron chi connectivity index (χ2n) is 7.49. The standard InChI is InChI=1S/C23H26N4O2/c28-23(27-15-7-8-16-27)25-22-24-21(26-29-22)20(17-19-11-5-2-6-12-19)14-13-18-9-3-1-4-10-18/h1-6,9-12,20H,7-8,13-17H2,(H,24,25,26,28).